The Morgan fingerprint density at radius 1 is 1.39 bits per heavy atom. The van der Waals surface area contributed by atoms with Crippen LogP contribution in [-0.2, 0) is 0 Å². The summed E-state index contributed by atoms with van der Waals surface area (Å²) in [6, 6.07) is 5.13. The second-order valence-corrected chi connectivity index (χ2v) is 4.25. The summed E-state index contributed by atoms with van der Waals surface area (Å²) in [7, 11) is 0. The van der Waals surface area contributed by atoms with Crippen molar-refractivity contribution in [2.45, 2.75) is 19.8 Å². The van der Waals surface area contributed by atoms with E-state index in [1.165, 1.54) is 0 Å². The molecule has 0 heterocycles. The van der Waals surface area contributed by atoms with Crippen LogP contribution in [0.1, 0.15) is 30.9 Å². The summed E-state index contributed by atoms with van der Waals surface area (Å²) in [5.74, 6) is 0.0974. The van der Waals surface area contributed by atoms with Crippen molar-refractivity contribution in [3.63, 3.8) is 0 Å². The van der Waals surface area contributed by atoms with Gasteiger partial charge in [-0.15, -0.1) is 0 Å². The van der Waals surface area contributed by atoms with Gasteiger partial charge >= 0.3 is 0 Å². The van der Waals surface area contributed by atoms with Gasteiger partial charge in [-0.1, -0.05) is 45.2 Å². The molecule has 1 aromatic carbocycles. The van der Waals surface area contributed by atoms with Crippen LogP contribution in [0.15, 0.2) is 49.6 Å². The van der Waals surface area contributed by atoms with Crippen LogP contribution >= 0.6 is 0 Å². The Kier molecular flexibility index (Phi) is 4.60. The minimum atomic E-state index is -0.343. The van der Waals surface area contributed by atoms with E-state index < -0.39 is 0 Å². The zero-order chi connectivity index (χ0) is 13.7. The maximum atomic E-state index is 11.0. The van der Waals surface area contributed by atoms with E-state index in [0.29, 0.717) is 0 Å². The zero-order valence-corrected chi connectivity index (χ0v) is 10.7. The van der Waals surface area contributed by atoms with Gasteiger partial charge in [0.05, 0.1) is 4.92 Å². The fourth-order valence-electron chi connectivity index (χ4n) is 1.77. The highest BCUT2D eigenvalue weighted by Gasteiger charge is 2.17. The average molecular weight is 243 g/mol. The molecule has 0 aromatic heterocycles. The summed E-state index contributed by atoms with van der Waals surface area (Å²) in [4.78, 5) is 10.6. The van der Waals surface area contributed by atoms with Gasteiger partial charge in [-0.3, -0.25) is 10.1 Å². The second-order valence-electron chi connectivity index (χ2n) is 4.25. The summed E-state index contributed by atoms with van der Waals surface area (Å²) in [6.45, 7) is 11.3. The summed E-state index contributed by atoms with van der Waals surface area (Å²) >= 11 is 0. The number of nitrogens with zero attached hydrogens (tertiary/aromatic N) is 1. The van der Waals surface area contributed by atoms with E-state index in [1.807, 2.05) is 26.0 Å². The van der Waals surface area contributed by atoms with Crippen LogP contribution in [0.3, 0.4) is 0 Å². The van der Waals surface area contributed by atoms with E-state index in [9.17, 15) is 10.1 Å². The van der Waals surface area contributed by atoms with Crippen molar-refractivity contribution < 1.29 is 4.92 Å². The molecule has 0 spiro atoms. The molecule has 3 nitrogen and oxygen atoms in total. The molecule has 0 aliphatic rings. The first kappa shape index (κ1) is 13.9. The molecule has 0 aliphatic carbocycles. The smallest absolute Gasteiger partial charge is 0.258 e. The van der Waals surface area contributed by atoms with Gasteiger partial charge < -0.3 is 0 Å². The molecule has 0 atom stereocenters. The first-order valence-electron chi connectivity index (χ1n) is 5.75. The number of rotatable bonds is 5. The van der Waals surface area contributed by atoms with E-state index in [4.69, 9.17) is 0 Å². The van der Waals surface area contributed by atoms with Crippen LogP contribution < -0.4 is 0 Å². The molecule has 94 valence electrons. The van der Waals surface area contributed by atoms with Crippen LogP contribution in [0, 0.1) is 10.1 Å². The molecule has 0 radical (unpaired) electrons. The first-order valence-corrected chi connectivity index (χ1v) is 5.75. The normalized spacial score (nSPS) is 11.4. The van der Waals surface area contributed by atoms with E-state index in [0.717, 1.165) is 16.7 Å². The zero-order valence-electron chi connectivity index (χ0n) is 10.7. The quantitative estimate of drug-likeness (QED) is 0.435. The Bertz CT molecular complexity index is 513. The Hall–Kier alpha value is -2.16. The van der Waals surface area contributed by atoms with Gasteiger partial charge in [-0.2, -0.15) is 0 Å². The summed E-state index contributed by atoms with van der Waals surface area (Å²) in [5.41, 5.74) is 2.71. The largest absolute Gasteiger partial charge is 0.272 e. The molecular weight excluding hydrogens is 226 g/mol. The standard InChI is InChI=1S/C15H17NO2/c1-5-7-12(6-2)13-8-9-15(16(17)18)14(10-13)11(3)4/h5-11H,1-2H2,3-4H3/b12-7+. The van der Waals surface area contributed by atoms with E-state index >= 15 is 0 Å². The maximum absolute atomic E-state index is 11.0. The van der Waals surface area contributed by atoms with Crippen LogP contribution in [0.2, 0.25) is 0 Å². The van der Waals surface area contributed by atoms with Crippen molar-refractivity contribution in [2.75, 3.05) is 0 Å². The Morgan fingerprint density at radius 2 is 2.06 bits per heavy atom. The Labute approximate surface area is 107 Å². The summed E-state index contributed by atoms with van der Waals surface area (Å²) < 4.78 is 0. The summed E-state index contributed by atoms with van der Waals surface area (Å²) in [5, 5.41) is 11.0. The molecule has 1 rings (SSSR count). The highest BCUT2D eigenvalue weighted by Crippen LogP contribution is 2.29. The third-order valence-electron chi connectivity index (χ3n) is 2.70. The van der Waals surface area contributed by atoms with Crippen LogP contribution in [0.4, 0.5) is 5.69 Å². The monoisotopic (exact) mass is 243 g/mol. The molecule has 0 saturated carbocycles. The van der Waals surface area contributed by atoms with Crippen molar-refractivity contribution in [2.24, 2.45) is 0 Å². The number of hydrogen-bond donors (Lipinski definition) is 0. The molecule has 0 N–H and O–H groups in total. The molecule has 0 fully saturated rings. The van der Waals surface area contributed by atoms with Gasteiger partial charge in [-0.25, -0.2) is 0 Å². The molecule has 0 bridgehead atoms. The van der Waals surface area contributed by atoms with Crippen molar-refractivity contribution in [3.05, 3.63) is 70.8 Å². The molecule has 3 heteroatoms. The second kappa shape index (κ2) is 5.96. The predicted molar refractivity (Wildman–Crippen MR) is 75.6 cm³/mol. The maximum Gasteiger partial charge on any atom is 0.272 e. The first-order chi connectivity index (χ1) is 8.51. The number of benzene rings is 1. The lowest BCUT2D eigenvalue weighted by molar-refractivity contribution is -0.385. The average Bonchev–Trinajstić information content (AvgIpc) is 2.35. The van der Waals surface area contributed by atoms with E-state index in [2.05, 4.69) is 13.2 Å². The predicted octanol–water partition coefficient (Wildman–Crippen LogP) is 4.47. The third-order valence-corrected chi connectivity index (χ3v) is 2.70. The molecule has 0 amide bonds. The van der Waals surface area contributed by atoms with Crippen LogP contribution in [0.5, 0.6) is 0 Å². The topological polar surface area (TPSA) is 43.1 Å². The molecule has 18 heavy (non-hydrogen) atoms. The van der Waals surface area contributed by atoms with Crippen LogP contribution in [-0.4, -0.2) is 4.92 Å². The van der Waals surface area contributed by atoms with Crippen molar-refractivity contribution in [3.8, 4) is 0 Å². The van der Waals surface area contributed by atoms with Gasteiger partial charge in [0.15, 0.2) is 0 Å². The molecular formula is C15H17NO2. The fraction of sp³-hybridized carbons (Fsp3) is 0.200. The Morgan fingerprint density at radius 3 is 2.50 bits per heavy atom. The minimum absolute atomic E-state index is 0.0974. The van der Waals surface area contributed by atoms with Crippen molar-refractivity contribution >= 4 is 11.3 Å². The van der Waals surface area contributed by atoms with Gasteiger partial charge in [-0.05, 0) is 29.2 Å². The van der Waals surface area contributed by atoms with Crippen LogP contribution in [0.25, 0.3) is 5.57 Å². The lowest BCUT2D eigenvalue weighted by atomic mass is 9.95. The third kappa shape index (κ3) is 2.94. The highest BCUT2D eigenvalue weighted by molar-refractivity contribution is 5.76. The van der Waals surface area contributed by atoms with E-state index in [-0.39, 0.29) is 16.5 Å². The molecule has 0 saturated heterocycles. The molecule has 1 aromatic rings. The van der Waals surface area contributed by atoms with E-state index in [1.54, 1.807) is 24.3 Å². The van der Waals surface area contributed by atoms with Gasteiger partial charge in [0.25, 0.3) is 5.69 Å². The molecule has 0 aliphatic heterocycles. The Balaban J connectivity index is 3.39. The van der Waals surface area contributed by atoms with Crippen molar-refractivity contribution in [1.82, 2.24) is 0 Å². The number of hydrogen-bond acceptors (Lipinski definition) is 2. The lowest BCUT2D eigenvalue weighted by Gasteiger charge is -2.09. The van der Waals surface area contributed by atoms with Gasteiger partial charge in [0.2, 0.25) is 0 Å². The highest BCUT2D eigenvalue weighted by atomic mass is 16.6. The summed E-state index contributed by atoms with van der Waals surface area (Å²) in [6.07, 6.45) is 5.22. The minimum Gasteiger partial charge on any atom is -0.258 e. The van der Waals surface area contributed by atoms with Crippen molar-refractivity contribution in [1.29, 1.82) is 0 Å². The fourth-order valence-corrected chi connectivity index (χ4v) is 1.77. The molecule has 0 unspecified atom stereocenters. The number of nitro benzene ring substituents is 1. The van der Waals surface area contributed by atoms with Gasteiger partial charge in [0, 0.05) is 11.6 Å². The lowest BCUT2D eigenvalue weighted by Crippen LogP contribution is -1.98. The SMILES string of the molecule is C=C/C=C(\C=C)c1ccc([N+](=O)[O-])c(C(C)C)c1. The number of allylic oxidation sites excluding steroid dienone is 4. The van der Waals surface area contributed by atoms with Gasteiger partial charge in [0.1, 0.15) is 0 Å². The number of nitro groups is 1.